The molecule has 0 fully saturated rings. The number of alkyl halides is 3. The van der Waals surface area contributed by atoms with Gasteiger partial charge in [0.25, 0.3) is 0 Å². The Bertz CT molecular complexity index is 573. The van der Waals surface area contributed by atoms with Crippen molar-refractivity contribution in [2.75, 3.05) is 0 Å². The molecular weight excluding hydrogens is 261 g/mol. The van der Waals surface area contributed by atoms with Crippen molar-refractivity contribution in [1.82, 2.24) is 0 Å². The van der Waals surface area contributed by atoms with Crippen molar-refractivity contribution >= 4 is 11.6 Å². The number of hydrogen-bond acceptors (Lipinski definition) is 0. The van der Waals surface area contributed by atoms with Gasteiger partial charge in [0, 0.05) is 10.6 Å². The fourth-order valence-electron chi connectivity index (χ4n) is 1.72. The maximum absolute atomic E-state index is 12.6. The second kappa shape index (κ2) is 4.65. The zero-order valence-corrected chi connectivity index (χ0v) is 10.3. The number of halogens is 4. The molecule has 18 heavy (non-hydrogen) atoms. The van der Waals surface area contributed by atoms with E-state index >= 15 is 0 Å². The summed E-state index contributed by atoms with van der Waals surface area (Å²) >= 11 is 6.02. The topological polar surface area (TPSA) is 0 Å². The lowest BCUT2D eigenvalue weighted by Gasteiger charge is -2.10. The molecule has 0 atom stereocenters. The van der Waals surface area contributed by atoms with E-state index < -0.39 is 11.7 Å². The van der Waals surface area contributed by atoms with Crippen molar-refractivity contribution in [1.29, 1.82) is 0 Å². The molecule has 2 aromatic rings. The lowest BCUT2D eigenvalue weighted by molar-refractivity contribution is -0.137. The minimum Gasteiger partial charge on any atom is -0.166 e. The lowest BCUT2D eigenvalue weighted by Crippen LogP contribution is -2.04. The molecule has 2 aromatic carbocycles. The van der Waals surface area contributed by atoms with Crippen LogP contribution in [0.5, 0.6) is 0 Å². The van der Waals surface area contributed by atoms with Gasteiger partial charge in [0.15, 0.2) is 0 Å². The van der Waals surface area contributed by atoms with Crippen LogP contribution >= 0.6 is 11.6 Å². The van der Waals surface area contributed by atoms with Crippen molar-refractivity contribution in [3.05, 3.63) is 58.6 Å². The van der Waals surface area contributed by atoms with Crippen LogP contribution in [0.1, 0.15) is 11.1 Å². The molecule has 94 valence electrons. The number of benzene rings is 2. The van der Waals surface area contributed by atoms with E-state index in [1.165, 1.54) is 6.07 Å². The summed E-state index contributed by atoms with van der Waals surface area (Å²) in [5.41, 5.74) is 1.37. The summed E-state index contributed by atoms with van der Waals surface area (Å²) in [6, 6.07) is 10.4. The monoisotopic (exact) mass is 270 g/mol. The smallest absolute Gasteiger partial charge is 0.166 e. The Kier molecular flexibility index (Phi) is 3.35. The Labute approximate surface area is 108 Å². The van der Waals surface area contributed by atoms with Gasteiger partial charge in [-0.05, 0) is 36.8 Å². The highest BCUT2D eigenvalue weighted by molar-refractivity contribution is 6.33. The van der Waals surface area contributed by atoms with Crippen LogP contribution in [0.25, 0.3) is 11.1 Å². The van der Waals surface area contributed by atoms with Crippen LogP contribution < -0.4 is 0 Å². The highest BCUT2D eigenvalue weighted by atomic mass is 35.5. The van der Waals surface area contributed by atoms with Crippen LogP contribution in [0, 0.1) is 6.92 Å². The van der Waals surface area contributed by atoms with Gasteiger partial charge in [-0.25, -0.2) is 0 Å². The molecule has 0 amide bonds. The van der Waals surface area contributed by atoms with Crippen LogP contribution in [-0.2, 0) is 6.18 Å². The van der Waals surface area contributed by atoms with Gasteiger partial charge >= 0.3 is 6.18 Å². The molecule has 0 heterocycles. The first kappa shape index (κ1) is 13.0. The van der Waals surface area contributed by atoms with E-state index in [1.807, 2.05) is 13.0 Å². The van der Waals surface area contributed by atoms with Crippen molar-refractivity contribution in [2.45, 2.75) is 13.1 Å². The Morgan fingerprint density at radius 1 is 1.00 bits per heavy atom. The molecule has 0 radical (unpaired) electrons. The molecule has 0 N–H and O–H groups in total. The summed E-state index contributed by atoms with van der Waals surface area (Å²) in [6.45, 7) is 1.87. The summed E-state index contributed by atoms with van der Waals surface area (Å²) in [5, 5.41) is 0.444. The fourth-order valence-corrected chi connectivity index (χ4v) is 1.95. The predicted octanol–water partition coefficient (Wildman–Crippen LogP) is 5.33. The molecular formula is C14H10ClF3. The van der Waals surface area contributed by atoms with Crippen LogP contribution in [0.2, 0.25) is 5.02 Å². The van der Waals surface area contributed by atoms with Crippen molar-refractivity contribution < 1.29 is 13.2 Å². The third kappa shape index (κ3) is 2.67. The number of aryl methyl sites for hydroxylation is 1. The van der Waals surface area contributed by atoms with Crippen molar-refractivity contribution in [2.24, 2.45) is 0 Å². The average molecular weight is 271 g/mol. The molecule has 0 saturated carbocycles. The van der Waals surface area contributed by atoms with Gasteiger partial charge in [0.05, 0.1) is 5.56 Å². The SMILES string of the molecule is Cc1ccc(Cl)c(-c2cccc(C(F)(F)F)c2)c1. The van der Waals surface area contributed by atoms with E-state index in [2.05, 4.69) is 0 Å². The maximum atomic E-state index is 12.6. The van der Waals surface area contributed by atoms with Gasteiger partial charge in [-0.1, -0.05) is 35.4 Å². The molecule has 0 bridgehead atoms. The molecule has 0 spiro atoms. The standard InChI is InChI=1S/C14H10ClF3/c1-9-5-6-13(15)12(7-9)10-3-2-4-11(8-10)14(16,17)18/h2-8H,1H3. The van der Waals surface area contributed by atoms with Crippen LogP contribution in [0.3, 0.4) is 0 Å². The van der Waals surface area contributed by atoms with Gasteiger partial charge in [-0.15, -0.1) is 0 Å². The molecule has 0 unspecified atom stereocenters. The Hall–Kier alpha value is -1.48. The molecule has 0 nitrogen and oxygen atoms in total. The maximum Gasteiger partial charge on any atom is 0.416 e. The second-order valence-corrected chi connectivity index (χ2v) is 4.47. The summed E-state index contributed by atoms with van der Waals surface area (Å²) < 4.78 is 37.9. The van der Waals surface area contributed by atoms with E-state index in [1.54, 1.807) is 18.2 Å². The van der Waals surface area contributed by atoms with Gasteiger partial charge in [-0.3, -0.25) is 0 Å². The van der Waals surface area contributed by atoms with Gasteiger partial charge in [-0.2, -0.15) is 13.2 Å². The zero-order chi connectivity index (χ0) is 13.3. The van der Waals surface area contributed by atoms with E-state index in [-0.39, 0.29) is 0 Å². The Morgan fingerprint density at radius 2 is 1.72 bits per heavy atom. The minimum atomic E-state index is -4.34. The normalized spacial score (nSPS) is 11.6. The third-order valence-corrected chi connectivity index (χ3v) is 2.95. The zero-order valence-electron chi connectivity index (χ0n) is 9.55. The summed E-state index contributed by atoms with van der Waals surface area (Å²) in [7, 11) is 0. The van der Waals surface area contributed by atoms with E-state index in [0.29, 0.717) is 16.1 Å². The molecule has 0 aliphatic heterocycles. The highest BCUT2D eigenvalue weighted by Crippen LogP contribution is 2.34. The first-order valence-corrected chi connectivity index (χ1v) is 5.69. The molecule has 4 heteroatoms. The van der Waals surface area contributed by atoms with Crippen LogP contribution in [0.4, 0.5) is 13.2 Å². The lowest BCUT2D eigenvalue weighted by atomic mass is 10.0. The highest BCUT2D eigenvalue weighted by Gasteiger charge is 2.30. The summed E-state index contributed by atoms with van der Waals surface area (Å²) in [6.07, 6.45) is -4.34. The van der Waals surface area contributed by atoms with E-state index in [0.717, 1.165) is 17.7 Å². The minimum absolute atomic E-state index is 0.444. The fraction of sp³-hybridized carbons (Fsp3) is 0.143. The van der Waals surface area contributed by atoms with Crippen LogP contribution in [-0.4, -0.2) is 0 Å². The third-order valence-electron chi connectivity index (χ3n) is 2.62. The first-order valence-electron chi connectivity index (χ1n) is 5.32. The quantitative estimate of drug-likeness (QED) is 0.657. The van der Waals surface area contributed by atoms with Crippen LogP contribution in [0.15, 0.2) is 42.5 Å². The number of hydrogen-bond donors (Lipinski definition) is 0. The Morgan fingerprint density at radius 3 is 2.39 bits per heavy atom. The predicted molar refractivity (Wildman–Crippen MR) is 66.6 cm³/mol. The summed E-state index contributed by atoms with van der Waals surface area (Å²) in [5.74, 6) is 0. The van der Waals surface area contributed by atoms with Crippen molar-refractivity contribution in [3.63, 3.8) is 0 Å². The van der Waals surface area contributed by atoms with Gasteiger partial charge in [0.2, 0.25) is 0 Å². The van der Waals surface area contributed by atoms with Crippen molar-refractivity contribution in [3.8, 4) is 11.1 Å². The average Bonchev–Trinajstić information content (AvgIpc) is 2.31. The molecule has 0 aromatic heterocycles. The van der Waals surface area contributed by atoms with Gasteiger partial charge < -0.3 is 0 Å². The number of rotatable bonds is 1. The molecule has 0 aliphatic carbocycles. The largest absolute Gasteiger partial charge is 0.416 e. The second-order valence-electron chi connectivity index (χ2n) is 4.06. The molecule has 0 aliphatic rings. The summed E-state index contributed by atoms with van der Waals surface area (Å²) in [4.78, 5) is 0. The Balaban J connectivity index is 2.55. The van der Waals surface area contributed by atoms with E-state index in [9.17, 15) is 13.2 Å². The first-order chi connectivity index (χ1) is 8.38. The van der Waals surface area contributed by atoms with E-state index in [4.69, 9.17) is 11.6 Å². The molecule has 2 rings (SSSR count). The molecule has 0 saturated heterocycles. The van der Waals surface area contributed by atoms with Gasteiger partial charge in [0.1, 0.15) is 0 Å².